The lowest BCUT2D eigenvalue weighted by molar-refractivity contribution is 0.0664. The van der Waals surface area contributed by atoms with Crippen molar-refractivity contribution in [3.05, 3.63) is 96.3 Å². The van der Waals surface area contributed by atoms with Gasteiger partial charge in [-0.25, -0.2) is 15.0 Å². The molecule has 5 aromatic rings. The molecule has 0 aliphatic carbocycles. The van der Waals surface area contributed by atoms with Gasteiger partial charge in [-0.15, -0.1) is 0 Å². The van der Waals surface area contributed by atoms with Gasteiger partial charge in [-0.05, 0) is 55.4 Å². The van der Waals surface area contributed by atoms with E-state index in [1.807, 2.05) is 76.2 Å². The van der Waals surface area contributed by atoms with Crippen LogP contribution in [-0.2, 0) is 6.42 Å². The van der Waals surface area contributed by atoms with Crippen molar-refractivity contribution < 1.29 is 9.90 Å². The van der Waals surface area contributed by atoms with E-state index >= 15 is 0 Å². The first-order chi connectivity index (χ1) is 19.5. The van der Waals surface area contributed by atoms with Crippen LogP contribution in [0.25, 0.3) is 28.2 Å². The van der Waals surface area contributed by atoms with Crippen LogP contribution in [0.3, 0.4) is 0 Å². The quantitative estimate of drug-likeness (QED) is 0.323. The van der Waals surface area contributed by atoms with Crippen LogP contribution in [0, 0.1) is 0 Å². The highest BCUT2D eigenvalue weighted by Gasteiger charge is 2.21. The van der Waals surface area contributed by atoms with Gasteiger partial charge in [0.1, 0.15) is 12.1 Å². The molecule has 3 heterocycles. The molecule has 2 N–H and O–H groups in total. The van der Waals surface area contributed by atoms with E-state index in [4.69, 9.17) is 9.97 Å². The molecule has 0 spiro atoms. The van der Waals surface area contributed by atoms with E-state index in [0.29, 0.717) is 34.9 Å². The highest BCUT2D eigenvalue weighted by Crippen LogP contribution is 2.27. The van der Waals surface area contributed by atoms with Gasteiger partial charge in [-0.2, -0.15) is 0 Å². The number of para-hydroxylation sites is 1. The number of amides is 1. The van der Waals surface area contributed by atoms with Crippen LogP contribution in [0.15, 0.2) is 85.2 Å². The number of nitrogens with one attached hydrogen (secondary N) is 1. The molecule has 1 saturated heterocycles. The number of anilines is 1. The van der Waals surface area contributed by atoms with Gasteiger partial charge in [-0.1, -0.05) is 42.5 Å². The fourth-order valence-corrected chi connectivity index (χ4v) is 4.87. The molecule has 0 unspecified atom stereocenters. The number of fused-ring (bicyclic) bond motifs is 1. The van der Waals surface area contributed by atoms with Crippen molar-refractivity contribution in [2.24, 2.45) is 0 Å². The number of rotatable bonds is 7. The molecule has 9 nitrogen and oxygen atoms in total. The normalized spacial score (nSPS) is 14.0. The Balaban J connectivity index is 1.30. The third kappa shape index (κ3) is 5.37. The molecular formula is C31H31N7O2. The first-order valence-corrected chi connectivity index (χ1v) is 13.5. The predicted octanol–water partition coefficient (Wildman–Crippen LogP) is 4.23. The van der Waals surface area contributed by atoms with Crippen molar-refractivity contribution >= 4 is 22.9 Å². The number of aromatic hydroxyl groups is 1. The molecule has 0 radical (unpaired) electrons. The third-order valence-electron chi connectivity index (χ3n) is 7.25. The summed E-state index contributed by atoms with van der Waals surface area (Å²) in [5, 5.41) is 13.0. The molecule has 1 fully saturated rings. The monoisotopic (exact) mass is 533 g/mol. The van der Waals surface area contributed by atoms with Crippen LogP contribution in [0.1, 0.15) is 15.9 Å². The second-order valence-electron chi connectivity index (χ2n) is 10.0. The number of phenols is 1. The lowest BCUT2D eigenvalue weighted by atomic mass is 10.1. The Labute approximate surface area is 232 Å². The number of phenolic OH excluding ortho intramolecular Hbond substituents is 1. The Hall–Kier alpha value is -4.76. The van der Waals surface area contributed by atoms with Crippen molar-refractivity contribution in [2.45, 2.75) is 6.42 Å². The van der Waals surface area contributed by atoms with Crippen LogP contribution in [0.5, 0.6) is 5.75 Å². The summed E-state index contributed by atoms with van der Waals surface area (Å²) in [5.74, 6) is 1.50. The highest BCUT2D eigenvalue weighted by molar-refractivity contribution is 5.95. The number of hydrogen-bond acceptors (Lipinski definition) is 7. The fourth-order valence-electron chi connectivity index (χ4n) is 4.87. The van der Waals surface area contributed by atoms with Gasteiger partial charge >= 0.3 is 0 Å². The number of carbonyl (C=O) groups excluding carboxylic acids is 1. The van der Waals surface area contributed by atoms with E-state index < -0.39 is 0 Å². The zero-order chi connectivity index (χ0) is 27.5. The predicted molar refractivity (Wildman–Crippen MR) is 156 cm³/mol. The lowest BCUT2D eigenvalue weighted by Gasteiger charge is -2.32. The SMILES string of the molecule is CN1CCN(C(=O)c2ccc(-c3nc(NCCc4ccc(O)cc4)c4ncn(-c5ccccc5)c4n3)cc2)CC1. The number of carbonyl (C=O) groups is 1. The number of nitrogens with zero attached hydrogens (tertiary/aromatic N) is 6. The van der Waals surface area contributed by atoms with Crippen molar-refractivity contribution in [1.82, 2.24) is 29.3 Å². The molecule has 3 aromatic carbocycles. The molecule has 1 aliphatic heterocycles. The maximum atomic E-state index is 13.0. The first-order valence-electron chi connectivity index (χ1n) is 13.5. The summed E-state index contributed by atoms with van der Waals surface area (Å²) < 4.78 is 1.96. The average molecular weight is 534 g/mol. The Morgan fingerprint density at radius 1 is 0.900 bits per heavy atom. The molecule has 202 valence electrons. The highest BCUT2D eigenvalue weighted by atomic mass is 16.3. The van der Waals surface area contributed by atoms with E-state index in [2.05, 4.69) is 22.2 Å². The van der Waals surface area contributed by atoms with Gasteiger partial charge < -0.3 is 20.2 Å². The maximum absolute atomic E-state index is 13.0. The van der Waals surface area contributed by atoms with E-state index in [0.717, 1.165) is 49.4 Å². The van der Waals surface area contributed by atoms with Crippen LogP contribution in [0.2, 0.25) is 0 Å². The summed E-state index contributed by atoms with van der Waals surface area (Å²) in [6.07, 6.45) is 2.52. The Bertz CT molecular complexity index is 1610. The molecular weight excluding hydrogens is 502 g/mol. The van der Waals surface area contributed by atoms with Gasteiger partial charge in [0.05, 0.1) is 0 Å². The Morgan fingerprint density at radius 3 is 2.35 bits per heavy atom. The van der Waals surface area contributed by atoms with Crippen molar-refractivity contribution in [2.75, 3.05) is 45.1 Å². The molecule has 9 heteroatoms. The molecule has 6 rings (SSSR count). The van der Waals surface area contributed by atoms with Crippen molar-refractivity contribution in [3.63, 3.8) is 0 Å². The summed E-state index contributed by atoms with van der Waals surface area (Å²) in [4.78, 5) is 31.6. The Morgan fingerprint density at radius 2 is 1.62 bits per heavy atom. The van der Waals surface area contributed by atoms with Crippen molar-refractivity contribution in [1.29, 1.82) is 0 Å². The summed E-state index contributed by atoms with van der Waals surface area (Å²) in [5.41, 5.74) is 4.92. The van der Waals surface area contributed by atoms with Gasteiger partial charge in [0.15, 0.2) is 22.8 Å². The standard InChI is InChI=1S/C31H31N7O2/c1-36-17-19-37(20-18-36)31(40)24-11-9-23(10-12-24)28-34-29(32-16-15-22-7-13-26(39)14-8-22)27-30(35-28)38(21-33-27)25-5-3-2-4-6-25/h2-14,21,39H,15-20H2,1H3,(H,32,34,35). The van der Waals surface area contributed by atoms with Gasteiger partial charge in [0.25, 0.3) is 5.91 Å². The van der Waals surface area contributed by atoms with Crippen LogP contribution in [-0.4, -0.2) is 80.1 Å². The van der Waals surface area contributed by atoms with Crippen LogP contribution < -0.4 is 5.32 Å². The first kappa shape index (κ1) is 25.5. The number of likely N-dealkylation sites (N-methyl/N-ethyl adjacent to an activating group) is 1. The molecule has 0 saturated carbocycles. The molecule has 40 heavy (non-hydrogen) atoms. The van der Waals surface area contributed by atoms with E-state index in [9.17, 15) is 9.90 Å². The smallest absolute Gasteiger partial charge is 0.253 e. The topological polar surface area (TPSA) is 99.4 Å². The summed E-state index contributed by atoms with van der Waals surface area (Å²) in [7, 11) is 2.08. The zero-order valence-electron chi connectivity index (χ0n) is 22.4. The van der Waals surface area contributed by atoms with Gasteiger partial charge in [-0.3, -0.25) is 9.36 Å². The molecule has 0 bridgehead atoms. The minimum absolute atomic E-state index is 0.0507. The third-order valence-corrected chi connectivity index (χ3v) is 7.25. The number of hydrogen-bond donors (Lipinski definition) is 2. The van der Waals surface area contributed by atoms with Crippen LogP contribution >= 0.6 is 0 Å². The summed E-state index contributed by atoms with van der Waals surface area (Å²) in [6.45, 7) is 3.87. The van der Waals surface area contributed by atoms with Gasteiger partial charge in [0.2, 0.25) is 0 Å². The molecule has 1 aliphatic rings. The minimum Gasteiger partial charge on any atom is -0.508 e. The fraction of sp³-hybridized carbons (Fsp3) is 0.226. The van der Waals surface area contributed by atoms with Gasteiger partial charge in [0, 0.05) is 49.5 Å². The maximum Gasteiger partial charge on any atom is 0.253 e. The molecule has 2 aromatic heterocycles. The number of benzene rings is 3. The minimum atomic E-state index is 0.0507. The second-order valence-corrected chi connectivity index (χ2v) is 10.0. The Kier molecular flexibility index (Phi) is 7.11. The summed E-state index contributed by atoms with van der Waals surface area (Å²) in [6, 6.07) is 24.7. The molecule has 1 amide bonds. The van der Waals surface area contributed by atoms with Crippen LogP contribution in [0.4, 0.5) is 5.82 Å². The van der Waals surface area contributed by atoms with E-state index in [1.54, 1.807) is 18.5 Å². The van der Waals surface area contributed by atoms with E-state index in [-0.39, 0.29) is 11.7 Å². The average Bonchev–Trinajstić information content (AvgIpc) is 3.43. The van der Waals surface area contributed by atoms with Crippen molar-refractivity contribution in [3.8, 4) is 22.8 Å². The number of imidazole rings is 1. The number of aromatic nitrogens is 4. The zero-order valence-corrected chi connectivity index (χ0v) is 22.4. The molecule has 0 atom stereocenters. The summed E-state index contributed by atoms with van der Waals surface area (Å²) >= 11 is 0. The largest absolute Gasteiger partial charge is 0.508 e. The number of piperazine rings is 1. The van der Waals surface area contributed by atoms with E-state index in [1.165, 1.54) is 0 Å². The second kappa shape index (κ2) is 11.2. The lowest BCUT2D eigenvalue weighted by Crippen LogP contribution is -2.47.